The number of rotatable bonds is 3. The van der Waals surface area contributed by atoms with Crippen molar-refractivity contribution >= 4 is 11.6 Å². The van der Waals surface area contributed by atoms with Gasteiger partial charge >= 0.3 is 0 Å². The molecule has 1 heterocycles. The third-order valence-corrected chi connectivity index (χ3v) is 3.37. The molecule has 0 aromatic heterocycles. The number of amides is 1. The molecule has 0 fully saturated rings. The molecule has 2 aromatic rings. The van der Waals surface area contributed by atoms with Gasteiger partial charge in [-0.1, -0.05) is 36.4 Å². The second-order valence-corrected chi connectivity index (χ2v) is 5.47. The molecule has 0 atom stereocenters. The van der Waals surface area contributed by atoms with Gasteiger partial charge < -0.3 is 14.8 Å². The van der Waals surface area contributed by atoms with E-state index in [1.807, 2.05) is 42.5 Å². The second kappa shape index (κ2) is 5.13. The van der Waals surface area contributed by atoms with Gasteiger partial charge in [0.25, 0.3) is 5.91 Å². The summed E-state index contributed by atoms with van der Waals surface area (Å²) in [4.78, 5) is 11.9. The van der Waals surface area contributed by atoms with Crippen LogP contribution in [0.5, 0.6) is 11.5 Å². The van der Waals surface area contributed by atoms with E-state index in [4.69, 9.17) is 9.47 Å². The first-order chi connectivity index (χ1) is 10.1. The first-order valence-corrected chi connectivity index (χ1v) is 6.86. The highest BCUT2D eigenvalue weighted by Gasteiger charge is 2.36. The Hall–Kier alpha value is -2.49. The lowest BCUT2D eigenvalue weighted by atomic mass is 10.1. The van der Waals surface area contributed by atoms with E-state index in [1.165, 1.54) is 0 Å². The Kier molecular flexibility index (Phi) is 3.29. The normalized spacial score (nSPS) is 15.6. The van der Waals surface area contributed by atoms with Crippen LogP contribution >= 0.6 is 0 Å². The summed E-state index contributed by atoms with van der Waals surface area (Å²) in [7, 11) is 0. The molecule has 108 valence electrons. The number of fused-ring (bicyclic) bond motifs is 1. The average molecular weight is 283 g/mol. The van der Waals surface area contributed by atoms with Gasteiger partial charge in [-0.05, 0) is 31.5 Å². The molecule has 1 amide bonds. The molecule has 1 aliphatic heterocycles. The maximum absolute atomic E-state index is 11.9. The summed E-state index contributed by atoms with van der Waals surface area (Å²) in [6.45, 7) is 3.92. The maximum Gasteiger partial charge on any atom is 0.268 e. The monoisotopic (exact) mass is 283 g/mol. The number of carbonyl (C=O) groups is 1. The highest BCUT2D eigenvalue weighted by atomic mass is 16.5. The van der Waals surface area contributed by atoms with Crippen LogP contribution in [0, 0.1) is 0 Å². The Morgan fingerprint density at radius 2 is 1.86 bits per heavy atom. The van der Waals surface area contributed by atoms with Crippen LogP contribution in [-0.4, -0.2) is 11.5 Å². The van der Waals surface area contributed by atoms with E-state index in [0.717, 1.165) is 5.56 Å². The Morgan fingerprint density at radius 3 is 2.62 bits per heavy atom. The van der Waals surface area contributed by atoms with Crippen molar-refractivity contribution in [2.75, 3.05) is 5.32 Å². The van der Waals surface area contributed by atoms with Crippen molar-refractivity contribution in [3.63, 3.8) is 0 Å². The fraction of sp³-hybridized carbons (Fsp3) is 0.235. The molecular weight excluding hydrogens is 266 g/mol. The average Bonchev–Trinajstić information content (AvgIpc) is 2.47. The summed E-state index contributed by atoms with van der Waals surface area (Å²) in [5.41, 5.74) is 0.818. The van der Waals surface area contributed by atoms with Gasteiger partial charge in [-0.3, -0.25) is 4.79 Å². The molecule has 0 spiro atoms. The third kappa shape index (κ3) is 2.70. The molecule has 0 unspecified atom stereocenters. The molecule has 1 aliphatic rings. The van der Waals surface area contributed by atoms with E-state index in [2.05, 4.69) is 5.32 Å². The van der Waals surface area contributed by atoms with Crippen molar-refractivity contribution < 1.29 is 14.3 Å². The number of carbonyl (C=O) groups excluding carboxylic acids is 1. The summed E-state index contributed by atoms with van der Waals surface area (Å²) in [6.07, 6.45) is 0. The standard InChI is InChI=1S/C17H17NO3/c1-17(2)16(19)18-13-9-6-10-14(15(13)21-17)20-11-12-7-4-3-5-8-12/h3-10H,11H2,1-2H3,(H,18,19). The fourth-order valence-electron chi connectivity index (χ4n) is 2.14. The zero-order valence-corrected chi connectivity index (χ0v) is 12.1. The highest BCUT2D eigenvalue weighted by Crippen LogP contribution is 2.41. The van der Waals surface area contributed by atoms with Gasteiger partial charge in [0.1, 0.15) is 6.61 Å². The minimum atomic E-state index is -0.904. The van der Waals surface area contributed by atoms with Gasteiger partial charge in [0.05, 0.1) is 5.69 Å². The first-order valence-electron chi connectivity index (χ1n) is 6.86. The van der Waals surface area contributed by atoms with Crippen LogP contribution in [-0.2, 0) is 11.4 Å². The number of ether oxygens (including phenoxy) is 2. The number of nitrogens with one attached hydrogen (secondary N) is 1. The van der Waals surface area contributed by atoms with Gasteiger partial charge in [0.2, 0.25) is 0 Å². The van der Waals surface area contributed by atoms with Gasteiger partial charge in [0.15, 0.2) is 17.1 Å². The smallest absolute Gasteiger partial charge is 0.268 e. The van der Waals surface area contributed by atoms with Crippen LogP contribution in [0.1, 0.15) is 19.4 Å². The van der Waals surface area contributed by atoms with Crippen LogP contribution in [0.4, 0.5) is 5.69 Å². The van der Waals surface area contributed by atoms with Crippen LogP contribution in [0.25, 0.3) is 0 Å². The zero-order valence-electron chi connectivity index (χ0n) is 12.1. The van der Waals surface area contributed by atoms with Crippen molar-refractivity contribution in [3.05, 3.63) is 54.1 Å². The topological polar surface area (TPSA) is 47.6 Å². The van der Waals surface area contributed by atoms with Crippen LogP contribution in [0.3, 0.4) is 0 Å². The van der Waals surface area contributed by atoms with E-state index >= 15 is 0 Å². The van der Waals surface area contributed by atoms with E-state index < -0.39 is 5.60 Å². The Labute approximate surface area is 123 Å². The van der Waals surface area contributed by atoms with Gasteiger partial charge in [-0.2, -0.15) is 0 Å². The van der Waals surface area contributed by atoms with Crippen molar-refractivity contribution in [1.82, 2.24) is 0 Å². The van der Waals surface area contributed by atoms with E-state index in [0.29, 0.717) is 23.8 Å². The SMILES string of the molecule is CC1(C)Oc2c(cccc2OCc2ccccc2)NC1=O. The third-order valence-electron chi connectivity index (χ3n) is 3.37. The largest absolute Gasteiger partial charge is 0.485 e. The van der Waals surface area contributed by atoms with Gasteiger partial charge in [-0.25, -0.2) is 0 Å². The van der Waals surface area contributed by atoms with Crippen LogP contribution < -0.4 is 14.8 Å². The number of hydrogen-bond donors (Lipinski definition) is 1. The quantitative estimate of drug-likeness (QED) is 0.939. The van der Waals surface area contributed by atoms with Crippen molar-refractivity contribution in [2.45, 2.75) is 26.1 Å². The predicted octanol–water partition coefficient (Wildman–Crippen LogP) is 3.38. The minimum absolute atomic E-state index is 0.157. The first kappa shape index (κ1) is 13.5. The second-order valence-electron chi connectivity index (χ2n) is 5.47. The molecule has 0 saturated heterocycles. The summed E-state index contributed by atoms with van der Waals surface area (Å²) in [6, 6.07) is 15.4. The molecule has 3 rings (SSSR count). The number of hydrogen-bond acceptors (Lipinski definition) is 3. The maximum atomic E-state index is 11.9. The summed E-state index contributed by atoms with van der Waals surface area (Å²) in [5, 5.41) is 2.84. The van der Waals surface area contributed by atoms with Crippen LogP contribution in [0.2, 0.25) is 0 Å². The fourth-order valence-corrected chi connectivity index (χ4v) is 2.14. The van der Waals surface area contributed by atoms with Crippen LogP contribution in [0.15, 0.2) is 48.5 Å². The number of benzene rings is 2. The van der Waals surface area contributed by atoms with Gasteiger partial charge in [0, 0.05) is 0 Å². The molecule has 0 radical (unpaired) electrons. The highest BCUT2D eigenvalue weighted by molar-refractivity contribution is 6.00. The van der Waals surface area contributed by atoms with Gasteiger partial charge in [-0.15, -0.1) is 0 Å². The molecule has 1 N–H and O–H groups in total. The molecule has 0 bridgehead atoms. The predicted molar refractivity (Wildman–Crippen MR) is 80.6 cm³/mol. The Bertz CT molecular complexity index is 665. The van der Waals surface area contributed by atoms with Crippen molar-refractivity contribution in [3.8, 4) is 11.5 Å². The molecule has 2 aromatic carbocycles. The number of anilines is 1. The van der Waals surface area contributed by atoms with Crippen molar-refractivity contribution in [2.24, 2.45) is 0 Å². The lowest BCUT2D eigenvalue weighted by Gasteiger charge is -2.32. The Balaban J connectivity index is 1.84. The van der Waals surface area contributed by atoms with E-state index in [9.17, 15) is 4.79 Å². The molecule has 0 aliphatic carbocycles. The molecule has 21 heavy (non-hydrogen) atoms. The lowest BCUT2D eigenvalue weighted by Crippen LogP contribution is -2.45. The minimum Gasteiger partial charge on any atom is -0.485 e. The summed E-state index contributed by atoms with van der Waals surface area (Å²) >= 11 is 0. The zero-order chi connectivity index (χ0) is 14.9. The molecular formula is C17H17NO3. The van der Waals surface area contributed by atoms with E-state index in [-0.39, 0.29) is 5.91 Å². The molecule has 4 nitrogen and oxygen atoms in total. The summed E-state index contributed by atoms with van der Waals surface area (Å²) in [5.74, 6) is 1.05. The lowest BCUT2D eigenvalue weighted by molar-refractivity contribution is -0.129. The summed E-state index contributed by atoms with van der Waals surface area (Å²) < 4.78 is 11.7. The molecule has 0 saturated carbocycles. The van der Waals surface area contributed by atoms with E-state index in [1.54, 1.807) is 19.9 Å². The van der Waals surface area contributed by atoms with Crippen molar-refractivity contribution in [1.29, 1.82) is 0 Å². The molecule has 4 heteroatoms. The number of para-hydroxylation sites is 1. The Morgan fingerprint density at radius 1 is 1.10 bits per heavy atom.